The Hall–Kier alpha value is -0.940. The lowest BCUT2D eigenvalue weighted by Gasteiger charge is -2.26. The third-order valence-electron chi connectivity index (χ3n) is 2.40. The van der Waals surface area contributed by atoms with Crippen LogP contribution in [0.2, 0.25) is 0 Å². The summed E-state index contributed by atoms with van der Waals surface area (Å²) in [5.74, 6) is 0.0418. The van der Waals surface area contributed by atoms with Gasteiger partial charge >= 0.3 is 0 Å². The van der Waals surface area contributed by atoms with Crippen LogP contribution < -0.4 is 0 Å². The maximum Gasteiger partial charge on any atom is 0.273 e. The van der Waals surface area contributed by atoms with Gasteiger partial charge in [0.2, 0.25) is 0 Å². The van der Waals surface area contributed by atoms with Gasteiger partial charge in [0.05, 0.1) is 18.2 Å². The first-order chi connectivity index (χ1) is 7.18. The van der Waals surface area contributed by atoms with Gasteiger partial charge in [-0.15, -0.1) is 11.3 Å². The molecule has 1 saturated heterocycles. The second kappa shape index (κ2) is 4.28. The Bertz CT molecular complexity index is 369. The molecule has 1 aliphatic rings. The van der Waals surface area contributed by atoms with E-state index in [1.165, 1.54) is 0 Å². The molecule has 0 aromatic carbocycles. The summed E-state index contributed by atoms with van der Waals surface area (Å²) in [5, 5.41) is 0.948. The molecule has 1 aromatic heterocycles. The first-order valence-corrected chi connectivity index (χ1v) is 5.81. The van der Waals surface area contributed by atoms with Gasteiger partial charge in [-0.2, -0.15) is 0 Å². The van der Waals surface area contributed by atoms with Crippen LogP contribution in [-0.4, -0.2) is 42.1 Å². The quantitative estimate of drug-likeness (QED) is 0.723. The number of aromatic nitrogens is 1. The van der Waals surface area contributed by atoms with Crippen molar-refractivity contribution in [1.29, 1.82) is 0 Å². The fourth-order valence-electron chi connectivity index (χ4n) is 1.64. The molecular formula is C10H14N2O2S. The first-order valence-electron chi connectivity index (χ1n) is 4.99. The number of hydrogen-bond acceptors (Lipinski definition) is 4. The lowest BCUT2D eigenvalue weighted by Crippen LogP contribution is -2.41. The standard InChI is InChI=1S/C10H14N2O2S/c1-7-9(11-8(2)15-7)10(13)12-3-5-14-6-4-12/h3-6H2,1-2H3. The van der Waals surface area contributed by atoms with E-state index in [1.54, 1.807) is 11.3 Å². The van der Waals surface area contributed by atoms with E-state index in [2.05, 4.69) is 4.98 Å². The largest absolute Gasteiger partial charge is 0.378 e. The second-order valence-corrected chi connectivity index (χ2v) is 4.95. The molecule has 0 N–H and O–H groups in total. The van der Waals surface area contributed by atoms with E-state index < -0.39 is 0 Å². The normalized spacial score (nSPS) is 16.8. The van der Waals surface area contributed by atoms with Gasteiger partial charge in [-0.05, 0) is 13.8 Å². The van der Waals surface area contributed by atoms with Crippen LogP contribution in [0.1, 0.15) is 20.4 Å². The van der Waals surface area contributed by atoms with Crippen molar-refractivity contribution >= 4 is 17.2 Å². The number of nitrogens with zero attached hydrogens (tertiary/aromatic N) is 2. The molecule has 2 heterocycles. The molecule has 2 rings (SSSR count). The van der Waals surface area contributed by atoms with Crippen molar-refractivity contribution in [1.82, 2.24) is 9.88 Å². The maximum absolute atomic E-state index is 12.0. The van der Waals surface area contributed by atoms with E-state index in [0.29, 0.717) is 32.0 Å². The topological polar surface area (TPSA) is 42.4 Å². The number of carbonyl (C=O) groups excluding carboxylic acids is 1. The average Bonchev–Trinajstić information content (AvgIpc) is 2.58. The number of carbonyl (C=O) groups is 1. The summed E-state index contributed by atoms with van der Waals surface area (Å²) < 4.78 is 5.21. The van der Waals surface area contributed by atoms with E-state index in [9.17, 15) is 4.79 Å². The van der Waals surface area contributed by atoms with Crippen LogP contribution in [-0.2, 0) is 4.74 Å². The van der Waals surface area contributed by atoms with Crippen LogP contribution in [0.4, 0.5) is 0 Å². The van der Waals surface area contributed by atoms with Crippen LogP contribution in [0.25, 0.3) is 0 Å². The molecule has 0 spiro atoms. The molecule has 1 amide bonds. The highest BCUT2D eigenvalue weighted by molar-refractivity contribution is 7.11. The molecule has 0 saturated carbocycles. The highest BCUT2D eigenvalue weighted by Gasteiger charge is 2.22. The summed E-state index contributed by atoms with van der Waals surface area (Å²) in [6.45, 7) is 6.48. The minimum Gasteiger partial charge on any atom is -0.378 e. The van der Waals surface area contributed by atoms with Crippen LogP contribution in [0.15, 0.2) is 0 Å². The van der Waals surface area contributed by atoms with Gasteiger partial charge in [0.1, 0.15) is 5.69 Å². The lowest BCUT2D eigenvalue weighted by atomic mass is 10.3. The maximum atomic E-state index is 12.0. The molecular weight excluding hydrogens is 212 g/mol. The van der Waals surface area contributed by atoms with E-state index in [4.69, 9.17) is 4.74 Å². The Balaban J connectivity index is 2.16. The third-order valence-corrected chi connectivity index (χ3v) is 3.29. The third kappa shape index (κ3) is 2.18. The Labute approximate surface area is 92.9 Å². The molecule has 0 aliphatic carbocycles. The molecule has 0 atom stereocenters. The highest BCUT2D eigenvalue weighted by atomic mass is 32.1. The monoisotopic (exact) mass is 226 g/mol. The van der Waals surface area contributed by atoms with Gasteiger partial charge in [0.15, 0.2) is 0 Å². The summed E-state index contributed by atoms with van der Waals surface area (Å²) in [6.07, 6.45) is 0. The predicted octanol–water partition coefficient (Wildman–Crippen LogP) is 1.23. The molecule has 0 bridgehead atoms. The average molecular weight is 226 g/mol. The van der Waals surface area contributed by atoms with Gasteiger partial charge in [-0.25, -0.2) is 4.98 Å². The lowest BCUT2D eigenvalue weighted by molar-refractivity contribution is 0.0299. The van der Waals surface area contributed by atoms with E-state index in [-0.39, 0.29) is 5.91 Å². The van der Waals surface area contributed by atoms with Crippen molar-refractivity contribution in [2.75, 3.05) is 26.3 Å². The molecule has 0 unspecified atom stereocenters. The number of thiazole rings is 1. The minimum atomic E-state index is 0.0418. The van der Waals surface area contributed by atoms with Gasteiger partial charge < -0.3 is 9.64 Å². The summed E-state index contributed by atoms with van der Waals surface area (Å²) in [4.78, 5) is 19.1. The van der Waals surface area contributed by atoms with Crippen LogP contribution in [0, 0.1) is 13.8 Å². The smallest absolute Gasteiger partial charge is 0.273 e. The predicted molar refractivity (Wildman–Crippen MR) is 58.3 cm³/mol. The SMILES string of the molecule is Cc1nc(C(=O)N2CCOCC2)c(C)s1. The van der Waals surface area contributed by atoms with Gasteiger partial charge in [0, 0.05) is 18.0 Å². The van der Waals surface area contributed by atoms with Gasteiger partial charge in [0.25, 0.3) is 5.91 Å². The van der Waals surface area contributed by atoms with Crippen molar-refractivity contribution < 1.29 is 9.53 Å². The number of rotatable bonds is 1. The number of aryl methyl sites for hydroxylation is 2. The zero-order valence-corrected chi connectivity index (χ0v) is 9.76. The highest BCUT2D eigenvalue weighted by Crippen LogP contribution is 2.18. The van der Waals surface area contributed by atoms with Crippen molar-refractivity contribution in [2.45, 2.75) is 13.8 Å². The molecule has 1 aliphatic heterocycles. The Morgan fingerprint density at radius 3 is 2.60 bits per heavy atom. The molecule has 1 aromatic rings. The van der Waals surface area contributed by atoms with Gasteiger partial charge in [-0.1, -0.05) is 0 Å². The van der Waals surface area contributed by atoms with Crippen molar-refractivity contribution in [3.05, 3.63) is 15.6 Å². The number of morpholine rings is 1. The summed E-state index contributed by atoms with van der Waals surface area (Å²) >= 11 is 1.57. The van der Waals surface area contributed by atoms with Crippen LogP contribution >= 0.6 is 11.3 Å². The number of hydrogen-bond donors (Lipinski definition) is 0. The van der Waals surface area contributed by atoms with E-state index in [1.807, 2.05) is 18.7 Å². The molecule has 1 fully saturated rings. The zero-order valence-electron chi connectivity index (χ0n) is 8.95. The Morgan fingerprint density at radius 2 is 2.07 bits per heavy atom. The molecule has 0 radical (unpaired) electrons. The molecule has 4 nitrogen and oxygen atoms in total. The van der Waals surface area contributed by atoms with Crippen molar-refractivity contribution in [2.24, 2.45) is 0 Å². The fraction of sp³-hybridized carbons (Fsp3) is 0.600. The molecule has 82 valence electrons. The zero-order chi connectivity index (χ0) is 10.8. The van der Waals surface area contributed by atoms with Crippen LogP contribution in [0.3, 0.4) is 0 Å². The number of amides is 1. The molecule has 5 heteroatoms. The van der Waals surface area contributed by atoms with Gasteiger partial charge in [-0.3, -0.25) is 4.79 Å². The minimum absolute atomic E-state index is 0.0418. The fourth-order valence-corrected chi connectivity index (χ4v) is 2.45. The Kier molecular flexibility index (Phi) is 3.02. The van der Waals surface area contributed by atoms with Crippen molar-refractivity contribution in [3.8, 4) is 0 Å². The van der Waals surface area contributed by atoms with Crippen LogP contribution in [0.5, 0.6) is 0 Å². The summed E-state index contributed by atoms with van der Waals surface area (Å²) in [7, 11) is 0. The number of ether oxygens (including phenoxy) is 1. The van der Waals surface area contributed by atoms with E-state index in [0.717, 1.165) is 9.88 Å². The Morgan fingerprint density at radius 1 is 1.40 bits per heavy atom. The first kappa shape index (κ1) is 10.6. The van der Waals surface area contributed by atoms with Crippen molar-refractivity contribution in [3.63, 3.8) is 0 Å². The molecule has 15 heavy (non-hydrogen) atoms. The summed E-state index contributed by atoms with van der Waals surface area (Å²) in [6, 6.07) is 0. The van der Waals surface area contributed by atoms with E-state index >= 15 is 0 Å². The summed E-state index contributed by atoms with van der Waals surface area (Å²) in [5.41, 5.74) is 0.611. The second-order valence-electron chi connectivity index (χ2n) is 3.54.